The second kappa shape index (κ2) is 5.76. The third-order valence-electron chi connectivity index (χ3n) is 4.51. The van der Waals surface area contributed by atoms with E-state index in [1.165, 1.54) is 0 Å². The van der Waals surface area contributed by atoms with Crippen LogP contribution in [0.3, 0.4) is 0 Å². The molecule has 0 bridgehead atoms. The molecule has 1 aromatic carbocycles. The van der Waals surface area contributed by atoms with Crippen LogP contribution >= 0.6 is 11.6 Å². The number of aromatic nitrogens is 2. The Balaban J connectivity index is 1.82. The Morgan fingerprint density at radius 2 is 2.09 bits per heavy atom. The van der Waals surface area contributed by atoms with Crippen molar-refractivity contribution in [1.29, 1.82) is 0 Å². The molecule has 0 saturated carbocycles. The van der Waals surface area contributed by atoms with Crippen LogP contribution in [0, 0.1) is 6.92 Å². The average Bonchev–Trinajstić information content (AvgIpc) is 2.94. The summed E-state index contributed by atoms with van der Waals surface area (Å²) in [6.07, 6.45) is 3.90. The molecule has 2 heterocycles. The van der Waals surface area contributed by atoms with Crippen molar-refractivity contribution in [3.05, 3.63) is 52.3 Å². The van der Waals surface area contributed by atoms with E-state index in [0.29, 0.717) is 17.1 Å². The number of amides is 1. The Bertz CT molecular complexity index is 679. The molecule has 1 aliphatic heterocycles. The number of carbonyl (C=O) groups is 1. The van der Waals surface area contributed by atoms with Crippen molar-refractivity contribution in [2.24, 2.45) is 0 Å². The number of aromatic amines is 1. The lowest BCUT2D eigenvalue weighted by Gasteiger charge is -2.40. The summed E-state index contributed by atoms with van der Waals surface area (Å²) in [6.45, 7) is 5.76. The molecule has 22 heavy (non-hydrogen) atoms. The maximum atomic E-state index is 12.7. The van der Waals surface area contributed by atoms with E-state index < -0.39 is 0 Å². The largest absolute Gasteiger partial charge is 0.338 e. The Hall–Kier alpha value is -1.81. The Morgan fingerprint density at radius 1 is 1.36 bits per heavy atom. The quantitative estimate of drug-likeness (QED) is 0.920. The smallest absolute Gasteiger partial charge is 0.253 e. The molecule has 1 unspecified atom stereocenters. The molecular weight excluding hydrogens is 298 g/mol. The van der Waals surface area contributed by atoms with Gasteiger partial charge in [-0.1, -0.05) is 18.5 Å². The SMILES string of the molecule is Cc1cn[nH]c1C1(C)CCCN(C(=O)c2ccc(Cl)cc2)C1. The van der Waals surface area contributed by atoms with Crippen molar-refractivity contribution in [3.63, 3.8) is 0 Å². The van der Waals surface area contributed by atoms with Crippen LogP contribution in [0.15, 0.2) is 30.5 Å². The number of benzene rings is 1. The maximum Gasteiger partial charge on any atom is 0.253 e. The minimum atomic E-state index is -0.0685. The van der Waals surface area contributed by atoms with Crippen LogP contribution in [0.4, 0.5) is 0 Å². The van der Waals surface area contributed by atoms with Gasteiger partial charge in [-0.15, -0.1) is 0 Å². The molecule has 1 amide bonds. The molecule has 1 aromatic heterocycles. The Labute approximate surface area is 135 Å². The van der Waals surface area contributed by atoms with Crippen LogP contribution in [0.2, 0.25) is 5.02 Å². The van der Waals surface area contributed by atoms with Gasteiger partial charge in [0.05, 0.1) is 6.20 Å². The standard InChI is InChI=1S/C17H20ClN3O/c1-12-10-19-20-15(12)17(2)8-3-9-21(11-17)16(22)13-4-6-14(18)7-5-13/h4-7,10H,3,8-9,11H2,1-2H3,(H,19,20). The fraction of sp³-hybridized carbons (Fsp3) is 0.412. The van der Waals surface area contributed by atoms with Gasteiger partial charge in [0, 0.05) is 34.8 Å². The number of likely N-dealkylation sites (tertiary alicyclic amines) is 1. The van der Waals surface area contributed by atoms with E-state index in [4.69, 9.17) is 11.6 Å². The number of hydrogen-bond acceptors (Lipinski definition) is 2. The fourth-order valence-electron chi connectivity index (χ4n) is 3.35. The summed E-state index contributed by atoms with van der Waals surface area (Å²) in [5.74, 6) is 0.0692. The first-order chi connectivity index (χ1) is 10.5. The summed E-state index contributed by atoms with van der Waals surface area (Å²) in [6, 6.07) is 7.10. The first kappa shape index (κ1) is 15.1. The van der Waals surface area contributed by atoms with Crippen molar-refractivity contribution in [2.45, 2.75) is 32.1 Å². The number of H-pyrrole nitrogens is 1. The highest BCUT2D eigenvalue weighted by Crippen LogP contribution is 2.34. The molecule has 1 N–H and O–H groups in total. The van der Waals surface area contributed by atoms with Crippen LogP contribution in [-0.2, 0) is 5.41 Å². The van der Waals surface area contributed by atoms with E-state index in [0.717, 1.165) is 30.6 Å². The summed E-state index contributed by atoms with van der Waals surface area (Å²) in [4.78, 5) is 14.6. The molecule has 1 saturated heterocycles. The van der Waals surface area contributed by atoms with E-state index >= 15 is 0 Å². The van der Waals surface area contributed by atoms with Crippen molar-refractivity contribution in [1.82, 2.24) is 15.1 Å². The maximum absolute atomic E-state index is 12.7. The zero-order valence-corrected chi connectivity index (χ0v) is 13.7. The van der Waals surface area contributed by atoms with E-state index in [1.54, 1.807) is 24.3 Å². The van der Waals surface area contributed by atoms with Crippen LogP contribution in [0.1, 0.15) is 41.4 Å². The molecule has 5 heteroatoms. The topological polar surface area (TPSA) is 49.0 Å². The normalized spacial score (nSPS) is 21.9. The predicted octanol–water partition coefficient (Wildman–Crippen LogP) is 3.57. The summed E-state index contributed by atoms with van der Waals surface area (Å²) in [7, 11) is 0. The van der Waals surface area contributed by atoms with E-state index in [9.17, 15) is 4.79 Å². The van der Waals surface area contributed by atoms with Gasteiger partial charge in [0.1, 0.15) is 0 Å². The number of carbonyl (C=O) groups excluding carboxylic acids is 1. The third kappa shape index (κ3) is 2.75. The first-order valence-electron chi connectivity index (χ1n) is 7.55. The molecule has 1 aliphatic rings. The number of aryl methyl sites for hydroxylation is 1. The second-order valence-corrected chi connectivity index (χ2v) is 6.76. The number of rotatable bonds is 2. The number of piperidine rings is 1. The number of nitrogens with zero attached hydrogens (tertiary/aromatic N) is 2. The Kier molecular flexibility index (Phi) is 3.96. The van der Waals surface area contributed by atoms with Gasteiger partial charge in [0.15, 0.2) is 0 Å². The molecule has 4 nitrogen and oxygen atoms in total. The van der Waals surface area contributed by atoms with Crippen LogP contribution in [-0.4, -0.2) is 34.1 Å². The lowest BCUT2D eigenvalue weighted by atomic mass is 9.77. The zero-order chi connectivity index (χ0) is 15.7. The van der Waals surface area contributed by atoms with Gasteiger partial charge in [0.25, 0.3) is 5.91 Å². The highest BCUT2D eigenvalue weighted by molar-refractivity contribution is 6.30. The van der Waals surface area contributed by atoms with E-state index in [2.05, 4.69) is 24.0 Å². The van der Waals surface area contributed by atoms with Gasteiger partial charge in [-0.2, -0.15) is 5.10 Å². The summed E-state index contributed by atoms with van der Waals surface area (Å²) in [5, 5.41) is 7.90. The minimum absolute atomic E-state index is 0.0685. The monoisotopic (exact) mass is 317 g/mol. The van der Waals surface area contributed by atoms with Gasteiger partial charge in [0.2, 0.25) is 0 Å². The highest BCUT2D eigenvalue weighted by Gasteiger charge is 2.36. The van der Waals surface area contributed by atoms with Crippen LogP contribution in [0.5, 0.6) is 0 Å². The average molecular weight is 318 g/mol. The molecular formula is C17H20ClN3O. The van der Waals surface area contributed by atoms with Gasteiger partial charge in [-0.3, -0.25) is 9.89 Å². The first-order valence-corrected chi connectivity index (χ1v) is 7.93. The molecule has 1 atom stereocenters. The van der Waals surface area contributed by atoms with Crippen LogP contribution in [0.25, 0.3) is 0 Å². The fourth-order valence-corrected chi connectivity index (χ4v) is 3.48. The van der Waals surface area contributed by atoms with Gasteiger partial charge in [-0.25, -0.2) is 0 Å². The molecule has 116 valence electrons. The molecule has 1 fully saturated rings. The predicted molar refractivity (Wildman–Crippen MR) is 87.3 cm³/mol. The zero-order valence-electron chi connectivity index (χ0n) is 12.9. The van der Waals surface area contributed by atoms with Gasteiger partial charge in [-0.05, 0) is 49.6 Å². The van der Waals surface area contributed by atoms with Gasteiger partial charge >= 0.3 is 0 Å². The lowest BCUT2D eigenvalue weighted by molar-refractivity contribution is 0.0647. The molecule has 2 aromatic rings. The molecule has 0 spiro atoms. The van der Waals surface area contributed by atoms with Gasteiger partial charge < -0.3 is 4.90 Å². The van der Waals surface area contributed by atoms with Crippen molar-refractivity contribution in [2.75, 3.05) is 13.1 Å². The number of nitrogens with one attached hydrogen (secondary N) is 1. The molecule has 3 rings (SSSR count). The van der Waals surface area contributed by atoms with Crippen molar-refractivity contribution < 1.29 is 4.79 Å². The van der Waals surface area contributed by atoms with Crippen molar-refractivity contribution >= 4 is 17.5 Å². The minimum Gasteiger partial charge on any atom is -0.338 e. The van der Waals surface area contributed by atoms with E-state index in [1.807, 2.05) is 11.1 Å². The Morgan fingerprint density at radius 3 is 2.73 bits per heavy atom. The highest BCUT2D eigenvalue weighted by atomic mass is 35.5. The van der Waals surface area contributed by atoms with Crippen molar-refractivity contribution in [3.8, 4) is 0 Å². The number of halogens is 1. The van der Waals surface area contributed by atoms with Crippen LogP contribution < -0.4 is 0 Å². The lowest BCUT2D eigenvalue weighted by Crippen LogP contribution is -2.47. The molecule has 0 aliphatic carbocycles. The summed E-state index contributed by atoms with van der Waals surface area (Å²) >= 11 is 5.90. The van der Waals surface area contributed by atoms with E-state index in [-0.39, 0.29) is 11.3 Å². The summed E-state index contributed by atoms with van der Waals surface area (Å²) < 4.78 is 0. The summed E-state index contributed by atoms with van der Waals surface area (Å²) in [5.41, 5.74) is 2.92. The second-order valence-electron chi connectivity index (χ2n) is 6.33. The number of hydrogen-bond donors (Lipinski definition) is 1. The molecule has 0 radical (unpaired) electrons. The third-order valence-corrected chi connectivity index (χ3v) is 4.76.